The van der Waals surface area contributed by atoms with Crippen molar-refractivity contribution >= 4 is 17.5 Å². The fourth-order valence-corrected chi connectivity index (χ4v) is 2.27. The molecule has 0 aliphatic carbocycles. The lowest BCUT2D eigenvalue weighted by Crippen LogP contribution is -2.44. The molecule has 2 heterocycles. The van der Waals surface area contributed by atoms with E-state index >= 15 is 0 Å². The van der Waals surface area contributed by atoms with Crippen LogP contribution in [-0.4, -0.2) is 25.0 Å². The quantitative estimate of drug-likeness (QED) is 0.938. The Kier molecular flexibility index (Phi) is 3.31. The number of ether oxygens (including phenoxy) is 2. The van der Waals surface area contributed by atoms with Gasteiger partial charge in [0.05, 0.1) is 36.6 Å². The zero-order valence-corrected chi connectivity index (χ0v) is 11.8. The van der Waals surface area contributed by atoms with Gasteiger partial charge in [-0.2, -0.15) is 0 Å². The van der Waals surface area contributed by atoms with E-state index in [1.807, 2.05) is 12.1 Å². The van der Waals surface area contributed by atoms with Crippen molar-refractivity contribution in [2.24, 2.45) is 5.41 Å². The largest absolute Gasteiger partial charge is 0.491 e. The number of aromatic nitrogens is 1. The zero-order chi connectivity index (χ0) is 14.2. The molecule has 0 amide bonds. The van der Waals surface area contributed by atoms with Gasteiger partial charge in [-0.3, -0.25) is 0 Å². The monoisotopic (exact) mass is 294 g/mol. The highest BCUT2D eigenvalue weighted by Gasteiger charge is 2.34. The molecule has 20 heavy (non-hydrogen) atoms. The maximum atomic E-state index is 6.24. The van der Waals surface area contributed by atoms with Crippen molar-refractivity contribution in [2.45, 2.75) is 6.92 Å². The molecule has 5 nitrogen and oxygen atoms in total. The van der Waals surface area contributed by atoms with Crippen molar-refractivity contribution in [3.8, 4) is 16.9 Å². The first-order valence-corrected chi connectivity index (χ1v) is 6.66. The minimum Gasteiger partial charge on any atom is -0.491 e. The molecule has 2 aromatic rings. The Morgan fingerprint density at radius 1 is 1.45 bits per heavy atom. The van der Waals surface area contributed by atoms with Crippen LogP contribution < -0.4 is 10.5 Å². The molecule has 106 valence electrons. The smallest absolute Gasteiger partial charge is 0.229 e. The maximum Gasteiger partial charge on any atom is 0.229 e. The Hall–Kier alpha value is -1.72. The van der Waals surface area contributed by atoms with E-state index < -0.39 is 0 Å². The molecule has 1 saturated heterocycles. The first-order chi connectivity index (χ1) is 9.57. The second-order valence-electron chi connectivity index (χ2n) is 5.34. The summed E-state index contributed by atoms with van der Waals surface area (Å²) in [7, 11) is 0. The van der Waals surface area contributed by atoms with Crippen molar-refractivity contribution in [3.63, 3.8) is 0 Å². The summed E-state index contributed by atoms with van der Waals surface area (Å²) in [5.41, 5.74) is 7.34. The van der Waals surface area contributed by atoms with Crippen LogP contribution in [0.25, 0.3) is 11.1 Å². The van der Waals surface area contributed by atoms with Gasteiger partial charge in [-0.25, -0.2) is 0 Å². The Labute approximate surface area is 121 Å². The van der Waals surface area contributed by atoms with E-state index in [0.29, 0.717) is 17.4 Å². The summed E-state index contributed by atoms with van der Waals surface area (Å²) in [6, 6.07) is 5.50. The first kappa shape index (κ1) is 13.3. The van der Waals surface area contributed by atoms with Crippen molar-refractivity contribution in [3.05, 3.63) is 29.4 Å². The number of nitrogens with two attached hydrogens (primary N) is 1. The lowest BCUT2D eigenvalue weighted by molar-refractivity contribution is -0.120. The number of hydrogen-bond acceptors (Lipinski definition) is 5. The van der Waals surface area contributed by atoms with E-state index in [1.54, 1.807) is 12.3 Å². The van der Waals surface area contributed by atoms with Crippen molar-refractivity contribution in [2.75, 3.05) is 25.6 Å². The molecule has 3 rings (SSSR count). The van der Waals surface area contributed by atoms with Gasteiger partial charge >= 0.3 is 0 Å². The molecule has 0 atom stereocenters. The Bertz CT molecular complexity index is 623. The van der Waals surface area contributed by atoms with Crippen LogP contribution in [0.4, 0.5) is 5.88 Å². The number of hydrogen-bond donors (Lipinski definition) is 1. The minimum absolute atomic E-state index is 0.0842. The lowest BCUT2D eigenvalue weighted by atomic mass is 9.90. The maximum absolute atomic E-state index is 6.24. The van der Waals surface area contributed by atoms with Crippen LogP contribution >= 0.6 is 11.6 Å². The number of benzene rings is 1. The summed E-state index contributed by atoms with van der Waals surface area (Å²) in [5.74, 6) is 0.924. The van der Waals surface area contributed by atoms with Crippen LogP contribution in [0.2, 0.25) is 5.02 Å². The van der Waals surface area contributed by atoms with E-state index in [1.165, 1.54) is 0 Å². The molecule has 1 fully saturated rings. The van der Waals surface area contributed by atoms with E-state index in [2.05, 4.69) is 12.1 Å². The van der Waals surface area contributed by atoms with Crippen molar-refractivity contribution in [1.82, 2.24) is 5.16 Å². The van der Waals surface area contributed by atoms with Gasteiger partial charge < -0.3 is 19.7 Å². The molecule has 1 aromatic heterocycles. The van der Waals surface area contributed by atoms with Crippen LogP contribution in [0.5, 0.6) is 5.75 Å². The standard InChI is InChI=1S/C14H15ClN2O3/c1-14(6-18-7-14)8-19-12-3-2-9(4-11(12)15)10-5-17-20-13(10)16/h2-5H,6-8,16H2,1H3. The van der Waals surface area contributed by atoms with Gasteiger partial charge in [0.2, 0.25) is 5.88 Å². The summed E-state index contributed by atoms with van der Waals surface area (Å²) < 4.78 is 15.8. The van der Waals surface area contributed by atoms with Gasteiger partial charge in [0.1, 0.15) is 5.75 Å². The molecule has 0 saturated carbocycles. The Morgan fingerprint density at radius 2 is 2.25 bits per heavy atom. The van der Waals surface area contributed by atoms with Gasteiger partial charge in [-0.15, -0.1) is 0 Å². The van der Waals surface area contributed by atoms with Gasteiger partial charge in [0.15, 0.2) is 0 Å². The number of rotatable bonds is 4. The molecule has 1 aliphatic heterocycles. The average molecular weight is 295 g/mol. The Balaban J connectivity index is 1.76. The SMILES string of the molecule is CC1(COc2ccc(-c3cnoc3N)cc2Cl)COC1. The van der Waals surface area contributed by atoms with Crippen LogP contribution in [0.1, 0.15) is 6.92 Å². The van der Waals surface area contributed by atoms with Gasteiger partial charge in [-0.1, -0.05) is 29.7 Å². The third-order valence-corrected chi connectivity index (χ3v) is 3.61. The molecular weight excluding hydrogens is 280 g/mol. The normalized spacial score (nSPS) is 16.7. The summed E-state index contributed by atoms with van der Waals surface area (Å²) in [6.07, 6.45) is 1.56. The van der Waals surface area contributed by atoms with Crippen LogP contribution in [0, 0.1) is 5.41 Å². The minimum atomic E-state index is 0.0842. The third kappa shape index (κ3) is 2.46. The number of anilines is 1. The Morgan fingerprint density at radius 3 is 2.80 bits per heavy atom. The predicted octanol–water partition coefficient (Wildman–Crippen LogP) is 2.99. The summed E-state index contributed by atoms with van der Waals surface area (Å²) >= 11 is 6.24. The fraction of sp³-hybridized carbons (Fsp3) is 0.357. The third-order valence-electron chi connectivity index (χ3n) is 3.32. The van der Waals surface area contributed by atoms with Crippen LogP contribution in [-0.2, 0) is 4.74 Å². The van der Waals surface area contributed by atoms with Gasteiger partial charge in [0.25, 0.3) is 0 Å². The van der Waals surface area contributed by atoms with Gasteiger partial charge in [0, 0.05) is 5.41 Å². The van der Waals surface area contributed by atoms with E-state index in [0.717, 1.165) is 24.3 Å². The lowest BCUT2D eigenvalue weighted by Gasteiger charge is -2.37. The second kappa shape index (κ2) is 5.00. The predicted molar refractivity (Wildman–Crippen MR) is 75.8 cm³/mol. The number of nitrogens with zero attached hydrogens (tertiary/aromatic N) is 1. The summed E-state index contributed by atoms with van der Waals surface area (Å²) in [5, 5.41) is 4.18. The molecule has 1 aliphatic rings. The fourth-order valence-electron chi connectivity index (χ4n) is 2.04. The van der Waals surface area contributed by atoms with Crippen molar-refractivity contribution < 1.29 is 14.0 Å². The van der Waals surface area contributed by atoms with Crippen LogP contribution in [0.3, 0.4) is 0 Å². The van der Waals surface area contributed by atoms with Gasteiger partial charge in [-0.05, 0) is 17.7 Å². The van der Waals surface area contributed by atoms with Crippen molar-refractivity contribution in [1.29, 1.82) is 0 Å². The van der Waals surface area contributed by atoms with E-state index in [9.17, 15) is 0 Å². The zero-order valence-electron chi connectivity index (χ0n) is 11.1. The first-order valence-electron chi connectivity index (χ1n) is 6.28. The number of nitrogen functional groups attached to an aromatic ring is 1. The second-order valence-corrected chi connectivity index (χ2v) is 5.75. The number of halogens is 1. The highest BCUT2D eigenvalue weighted by Crippen LogP contribution is 2.34. The van der Waals surface area contributed by atoms with E-state index in [-0.39, 0.29) is 11.3 Å². The summed E-state index contributed by atoms with van der Waals surface area (Å²) in [6.45, 7) is 4.15. The topological polar surface area (TPSA) is 70.5 Å². The highest BCUT2D eigenvalue weighted by atomic mass is 35.5. The molecular formula is C14H15ClN2O3. The molecule has 0 radical (unpaired) electrons. The molecule has 2 N–H and O–H groups in total. The molecule has 1 aromatic carbocycles. The molecule has 6 heteroatoms. The molecule has 0 spiro atoms. The highest BCUT2D eigenvalue weighted by molar-refractivity contribution is 6.32. The molecule has 0 bridgehead atoms. The summed E-state index contributed by atoms with van der Waals surface area (Å²) in [4.78, 5) is 0. The molecule has 0 unspecified atom stereocenters. The average Bonchev–Trinajstić information content (AvgIpc) is 2.81. The van der Waals surface area contributed by atoms with Crippen LogP contribution in [0.15, 0.2) is 28.9 Å². The van der Waals surface area contributed by atoms with E-state index in [4.69, 9.17) is 31.3 Å².